The van der Waals surface area contributed by atoms with Crippen LogP contribution >= 0.6 is 0 Å². The Morgan fingerprint density at radius 2 is 2.18 bits per heavy atom. The van der Waals surface area contributed by atoms with Crippen molar-refractivity contribution in [1.29, 1.82) is 0 Å². The highest BCUT2D eigenvalue weighted by Gasteiger charge is 2.09. The van der Waals surface area contributed by atoms with E-state index in [0.717, 1.165) is 16.5 Å². The van der Waals surface area contributed by atoms with Crippen molar-refractivity contribution in [2.24, 2.45) is 0 Å². The Morgan fingerprint density at radius 1 is 1.29 bits per heavy atom. The molecule has 0 spiro atoms. The van der Waals surface area contributed by atoms with E-state index in [2.05, 4.69) is 9.97 Å². The molecule has 0 saturated carbocycles. The Balaban J connectivity index is 2.58. The van der Waals surface area contributed by atoms with Gasteiger partial charge < -0.3 is 4.42 Å². The van der Waals surface area contributed by atoms with Gasteiger partial charge in [0.15, 0.2) is 5.58 Å². The van der Waals surface area contributed by atoms with E-state index >= 15 is 0 Å². The van der Waals surface area contributed by atoms with Gasteiger partial charge in [0.05, 0.1) is 5.69 Å². The number of pyridine rings is 1. The molecule has 0 aliphatic heterocycles. The second kappa shape index (κ2) is 3.66. The maximum Gasteiger partial charge on any atom is 0.439 e. The smallest absolute Gasteiger partial charge is 0.406 e. The number of rotatable bonds is 1. The summed E-state index contributed by atoms with van der Waals surface area (Å²) in [5, 5.41) is 1.81. The molecule has 0 amide bonds. The van der Waals surface area contributed by atoms with Gasteiger partial charge in [-0.25, -0.2) is 4.79 Å². The van der Waals surface area contributed by atoms with E-state index in [1.54, 1.807) is 6.20 Å². The molecule has 4 heteroatoms. The summed E-state index contributed by atoms with van der Waals surface area (Å²) >= 11 is 0. The van der Waals surface area contributed by atoms with Gasteiger partial charge in [0.1, 0.15) is 5.52 Å². The number of aryl methyl sites for hydroxylation is 1. The lowest BCUT2D eigenvalue weighted by molar-refractivity contribution is 0.529. The van der Waals surface area contributed by atoms with Gasteiger partial charge in [-0.15, -0.1) is 0 Å². The van der Waals surface area contributed by atoms with Gasteiger partial charge in [-0.05, 0) is 18.6 Å². The van der Waals surface area contributed by atoms with Gasteiger partial charge in [-0.1, -0.05) is 19.1 Å². The number of fused-ring (bicyclic) bond motifs is 3. The predicted octanol–water partition coefficient (Wildman–Crippen LogP) is 2.30. The van der Waals surface area contributed by atoms with E-state index in [1.165, 1.54) is 0 Å². The summed E-state index contributed by atoms with van der Waals surface area (Å²) in [4.78, 5) is 19.5. The van der Waals surface area contributed by atoms with Gasteiger partial charge >= 0.3 is 5.76 Å². The summed E-state index contributed by atoms with van der Waals surface area (Å²) in [7, 11) is 0. The van der Waals surface area contributed by atoms with Crippen molar-refractivity contribution in [3.8, 4) is 0 Å². The molecular weight excluding hydrogens is 216 g/mol. The third kappa shape index (κ3) is 1.49. The van der Waals surface area contributed by atoms with Crippen LogP contribution in [0.2, 0.25) is 0 Å². The third-order valence-corrected chi connectivity index (χ3v) is 2.79. The number of hydrogen-bond acceptors (Lipinski definition) is 4. The second-order valence-corrected chi connectivity index (χ2v) is 3.80. The molecule has 0 unspecified atom stereocenters. The zero-order valence-corrected chi connectivity index (χ0v) is 9.30. The minimum atomic E-state index is -0.562. The topological polar surface area (TPSA) is 56.0 Å². The SMILES string of the molecule is CCc1nc(=O)oc2c1ccc1cccnc12. The zero-order chi connectivity index (χ0) is 11.8. The van der Waals surface area contributed by atoms with Crippen LogP contribution in [0.5, 0.6) is 0 Å². The van der Waals surface area contributed by atoms with Crippen LogP contribution in [0.4, 0.5) is 0 Å². The molecule has 0 bridgehead atoms. The lowest BCUT2D eigenvalue weighted by Crippen LogP contribution is -2.07. The first-order valence-electron chi connectivity index (χ1n) is 5.47. The van der Waals surface area contributed by atoms with E-state index in [1.807, 2.05) is 31.2 Å². The molecule has 17 heavy (non-hydrogen) atoms. The van der Waals surface area contributed by atoms with Crippen molar-refractivity contribution >= 4 is 21.9 Å². The largest absolute Gasteiger partial charge is 0.439 e. The van der Waals surface area contributed by atoms with Crippen LogP contribution in [-0.2, 0) is 6.42 Å². The third-order valence-electron chi connectivity index (χ3n) is 2.79. The van der Waals surface area contributed by atoms with Crippen LogP contribution < -0.4 is 5.76 Å². The van der Waals surface area contributed by atoms with Gasteiger partial charge in [-0.2, -0.15) is 4.98 Å². The van der Waals surface area contributed by atoms with E-state index in [4.69, 9.17) is 4.42 Å². The molecule has 0 aliphatic rings. The number of hydrogen-bond donors (Lipinski definition) is 0. The summed E-state index contributed by atoms with van der Waals surface area (Å²) in [6.07, 6.45) is 2.38. The van der Waals surface area contributed by atoms with Gasteiger partial charge in [0.25, 0.3) is 0 Å². The molecule has 0 radical (unpaired) electrons. The summed E-state index contributed by atoms with van der Waals surface area (Å²) in [6.45, 7) is 1.96. The summed E-state index contributed by atoms with van der Waals surface area (Å²) in [5.74, 6) is -0.562. The van der Waals surface area contributed by atoms with Crippen molar-refractivity contribution in [3.63, 3.8) is 0 Å². The molecule has 4 nitrogen and oxygen atoms in total. The molecule has 1 aromatic carbocycles. The summed E-state index contributed by atoms with van der Waals surface area (Å²) in [5.41, 5.74) is 1.99. The van der Waals surface area contributed by atoms with Crippen molar-refractivity contribution in [1.82, 2.24) is 9.97 Å². The highest BCUT2D eigenvalue weighted by atomic mass is 16.4. The van der Waals surface area contributed by atoms with E-state index in [0.29, 0.717) is 17.5 Å². The molecule has 0 fully saturated rings. The minimum Gasteiger partial charge on any atom is -0.406 e. The fraction of sp³-hybridized carbons (Fsp3) is 0.154. The Labute approximate surface area is 96.9 Å². The van der Waals surface area contributed by atoms with Crippen LogP contribution in [-0.4, -0.2) is 9.97 Å². The highest BCUT2D eigenvalue weighted by Crippen LogP contribution is 2.23. The summed E-state index contributed by atoms with van der Waals surface area (Å²) in [6, 6.07) is 7.68. The first-order valence-corrected chi connectivity index (χ1v) is 5.47. The predicted molar refractivity (Wildman–Crippen MR) is 65.0 cm³/mol. The fourth-order valence-electron chi connectivity index (χ4n) is 2.00. The van der Waals surface area contributed by atoms with Crippen LogP contribution in [0.25, 0.3) is 21.9 Å². The maximum atomic E-state index is 11.4. The summed E-state index contributed by atoms with van der Waals surface area (Å²) < 4.78 is 5.19. The lowest BCUT2D eigenvalue weighted by Gasteiger charge is -2.03. The average molecular weight is 226 g/mol. The molecule has 2 aromatic heterocycles. The van der Waals surface area contributed by atoms with Crippen LogP contribution in [0, 0.1) is 0 Å². The second-order valence-electron chi connectivity index (χ2n) is 3.80. The quantitative estimate of drug-likeness (QED) is 0.597. The number of nitrogens with zero attached hydrogens (tertiary/aromatic N) is 2. The normalized spacial score (nSPS) is 11.1. The van der Waals surface area contributed by atoms with E-state index < -0.39 is 5.76 Å². The van der Waals surface area contributed by atoms with Crippen molar-refractivity contribution in [2.75, 3.05) is 0 Å². The first-order chi connectivity index (χ1) is 8.29. The number of aromatic nitrogens is 2. The Morgan fingerprint density at radius 3 is 3.00 bits per heavy atom. The molecule has 3 aromatic rings. The molecule has 2 heterocycles. The molecule has 84 valence electrons. The fourth-order valence-corrected chi connectivity index (χ4v) is 2.00. The van der Waals surface area contributed by atoms with Gasteiger partial charge in [-0.3, -0.25) is 4.98 Å². The van der Waals surface area contributed by atoms with Crippen LogP contribution in [0.15, 0.2) is 39.7 Å². The molecular formula is C13H10N2O2. The van der Waals surface area contributed by atoms with Crippen molar-refractivity contribution < 1.29 is 4.42 Å². The Kier molecular flexibility index (Phi) is 2.14. The first kappa shape index (κ1) is 9.96. The molecule has 0 saturated heterocycles. The molecule has 0 atom stereocenters. The van der Waals surface area contributed by atoms with Crippen molar-refractivity contribution in [2.45, 2.75) is 13.3 Å². The van der Waals surface area contributed by atoms with Crippen LogP contribution in [0.3, 0.4) is 0 Å². The minimum absolute atomic E-state index is 0.528. The standard InChI is InChI=1S/C13H10N2O2/c1-2-10-9-6-5-8-4-3-7-14-11(8)12(9)17-13(16)15-10/h3-7H,2H2,1H3. The average Bonchev–Trinajstić information content (AvgIpc) is 2.37. The Hall–Kier alpha value is -2.23. The van der Waals surface area contributed by atoms with E-state index in [9.17, 15) is 4.79 Å². The monoisotopic (exact) mass is 226 g/mol. The lowest BCUT2D eigenvalue weighted by atomic mass is 10.1. The number of benzene rings is 1. The van der Waals surface area contributed by atoms with Crippen molar-refractivity contribution in [3.05, 3.63) is 46.7 Å². The van der Waals surface area contributed by atoms with E-state index in [-0.39, 0.29) is 0 Å². The van der Waals surface area contributed by atoms with Gasteiger partial charge in [0.2, 0.25) is 0 Å². The highest BCUT2D eigenvalue weighted by molar-refractivity contribution is 6.01. The zero-order valence-electron chi connectivity index (χ0n) is 9.30. The molecule has 3 rings (SSSR count). The molecule has 0 aliphatic carbocycles. The van der Waals surface area contributed by atoms with Crippen LogP contribution in [0.1, 0.15) is 12.6 Å². The molecule has 0 N–H and O–H groups in total. The Bertz CT molecular complexity index is 762. The maximum absolute atomic E-state index is 11.4. The van der Waals surface area contributed by atoms with Gasteiger partial charge in [0, 0.05) is 17.0 Å².